The van der Waals surface area contributed by atoms with E-state index >= 15 is 0 Å². The minimum atomic E-state index is 0.135. The summed E-state index contributed by atoms with van der Waals surface area (Å²) in [6.07, 6.45) is 0. The molecular formula is C10H15ClN2. The standard InChI is InChI=1S/C10H15ClN2/c1-7-4-3-5-9(11)10(7)13-6-8(2)12/h3-5,8,13H,6,12H2,1-2H3. The maximum atomic E-state index is 6.01. The van der Waals surface area contributed by atoms with Crippen molar-refractivity contribution in [2.75, 3.05) is 11.9 Å². The predicted molar refractivity (Wildman–Crippen MR) is 58.3 cm³/mol. The molecule has 0 saturated carbocycles. The molecular weight excluding hydrogens is 184 g/mol. The van der Waals surface area contributed by atoms with Gasteiger partial charge >= 0.3 is 0 Å². The highest BCUT2D eigenvalue weighted by Gasteiger charge is 2.02. The van der Waals surface area contributed by atoms with Crippen molar-refractivity contribution in [2.24, 2.45) is 5.73 Å². The maximum absolute atomic E-state index is 6.01. The molecule has 13 heavy (non-hydrogen) atoms. The van der Waals surface area contributed by atoms with Crippen molar-refractivity contribution in [3.05, 3.63) is 28.8 Å². The molecule has 0 fully saturated rings. The van der Waals surface area contributed by atoms with E-state index in [9.17, 15) is 0 Å². The van der Waals surface area contributed by atoms with Gasteiger partial charge in [0.15, 0.2) is 0 Å². The first-order valence-corrected chi connectivity index (χ1v) is 4.73. The first kappa shape index (κ1) is 10.4. The van der Waals surface area contributed by atoms with Crippen LogP contribution in [0, 0.1) is 6.92 Å². The Balaban J connectivity index is 2.75. The van der Waals surface area contributed by atoms with Gasteiger partial charge < -0.3 is 11.1 Å². The second-order valence-electron chi connectivity index (χ2n) is 3.29. The van der Waals surface area contributed by atoms with Crippen molar-refractivity contribution in [3.63, 3.8) is 0 Å². The first-order valence-electron chi connectivity index (χ1n) is 4.36. The largest absolute Gasteiger partial charge is 0.382 e. The van der Waals surface area contributed by atoms with Gasteiger partial charge in [0.25, 0.3) is 0 Å². The van der Waals surface area contributed by atoms with E-state index in [2.05, 4.69) is 5.32 Å². The molecule has 1 rings (SSSR count). The molecule has 1 aromatic rings. The van der Waals surface area contributed by atoms with E-state index in [1.54, 1.807) is 0 Å². The average molecular weight is 199 g/mol. The number of para-hydroxylation sites is 1. The van der Waals surface area contributed by atoms with Gasteiger partial charge in [0.1, 0.15) is 0 Å². The SMILES string of the molecule is Cc1cccc(Cl)c1NCC(C)N. The number of hydrogen-bond acceptors (Lipinski definition) is 2. The molecule has 72 valence electrons. The van der Waals surface area contributed by atoms with E-state index in [4.69, 9.17) is 17.3 Å². The second-order valence-corrected chi connectivity index (χ2v) is 3.70. The van der Waals surface area contributed by atoms with Crippen molar-refractivity contribution >= 4 is 17.3 Å². The lowest BCUT2D eigenvalue weighted by Crippen LogP contribution is -2.25. The maximum Gasteiger partial charge on any atom is 0.0640 e. The van der Waals surface area contributed by atoms with Gasteiger partial charge in [0, 0.05) is 12.6 Å². The molecule has 0 bridgehead atoms. The summed E-state index contributed by atoms with van der Waals surface area (Å²) < 4.78 is 0. The summed E-state index contributed by atoms with van der Waals surface area (Å²) in [6.45, 7) is 4.72. The third kappa shape index (κ3) is 2.90. The second kappa shape index (κ2) is 4.49. The average Bonchev–Trinajstić information content (AvgIpc) is 2.03. The molecule has 0 spiro atoms. The summed E-state index contributed by atoms with van der Waals surface area (Å²) in [5.41, 5.74) is 7.77. The van der Waals surface area contributed by atoms with E-state index in [-0.39, 0.29) is 6.04 Å². The smallest absolute Gasteiger partial charge is 0.0640 e. The summed E-state index contributed by atoms with van der Waals surface area (Å²) in [4.78, 5) is 0. The highest BCUT2D eigenvalue weighted by atomic mass is 35.5. The molecule has 0 aliphatic rings. The zero-order chi connectivity index (χ0) is 9.84. The Bertz CT molecular complexity index is 264. The van der Waals surface area contributed by atoms with Gasteiger partial charge in [0.05, 0.1) is 10.7 Å². The Hall–Kier alpha value is -0.730. The number of rotatable bonds is 3. The molecule has 2 nitrogen and oxygen atoms in total. The molecule has 3 heteroatoms. The minimum absolute atomic E-state index is 0.135. The van der Waals surface area contributed by atoms with Crippen LogP contribution >= 0.6 is 11.6 Å². The van der Waals surface area contributed by atoms with E-state index in [0.29, 0.717) is 0 Å². The summed E-state index contributed by atoms with van der Waals surface area (Å²) in [7, 11) is 0. The first-order chi connectivity index (χ1) is 6.11. The number of nitrogens with one attached hydrogen (secondary N) is 1. The molecule has 0 aliphatic carbocycles. The number of hydrogen-bond donors (Lipinski definition) is 2. The molecule has 3 N–H and O–H groups in total. The molecule has 0 aromatic heterocycles. The van der Waals surface area contributed by atoms with Crippen molar-refractivity contribution in [1.82, 2.24) is 0 Å². The highest BCUT2D eigenvalue weighted by molar-refractivity contribution is 6.33. The lowest BCUT2D eigenvalue weighted by atomic mass is 10.2. The topological polar surface area (TPSA) is 38.0 Å². The van der Waals surface area contributed by atoms with Crippen molar-refractivity contribution < 1.29 is 0 Å². The fraction of sp³-hybridized carbons (Fsp3) is 0.400. The number of halogens is 1. The van der Waals surface area contributed by atoms with Crippen LogP contribution in [-0.4, -0.2) is 12.6 Å². The van der Waals surface area contributed by atoms with Crippen LogP contribution in [0.15, 0.2) is 18.2 Å². The van der Waals surface area contributed by atoms with E-state index < -0.39 is 0 Å². The zero-order valence-corrected chi connectivity index (χ0v) is 8.73. The highest BCUT2D eigenvalue weighted by Crippen LogP contribution is 2.24. The van der Waals surface area contributed by atoms with Gasteiger partial charge in [-0.2, -0.15) is 0 Å². The third-order valence-corrected chi connectivity index (χ3v) is 2.14. The normalized spacial score (nSPS) is 12.6. The molecule has 1 atom stereocenters. The van der Waals surface area contributed by atoms with Crippen LogP contribution in [0.2, 0.25) is 5.02 Å². The Labute approximate surface area is 84.1 Å². The van der Waals surface area contributed by atoms with Crippen LogP contribution in [-0.2, 0) is 0 Å². The van der Waals surface area contributed by atoms with E-state index in [1.165, 1.54) is 0 Å². The number of benzene rings is 1. The Morgan fingerprint density at radius 3 is 2.77 bits per heavy atom. The Kier molecular flexibility index (Phi) is 3.58. The number of nitrogens with two attached hydrogens (primary N) is 1. The molecule has 0 aliphatic heterocycles. The van der Waals surface area contributed by atoms with Crippen molar-refractivity contribution in [3.8, 4) is 0 Å². The minimum Gasteiger partial charge on any atom is -0.382 e. The van der Waals surface area contributed by atoms with Crippen LogP contribution in [0.4, 0.5) is 5.69 Å². The van der Waals surface area contributed by atoms with Crippen LogP contribution in [0.3, 0.4) is 0 Å². The quantitative estimate of drug-likeness (QED) is 0.783. The fourth-order valence-corrected chi connectivity index (χ4v) is 1.41. The summed E-state index contributed by atoms with van der Waals surface area (Å²) in [5, 5.41) is 3.97. The molecule has 1 aromatic carbocycles. The van der Waals surface area contributed by atoms with Crippen LogP contribution in [0.1, 0.15) is 12.5 Å². The summed E-state index contributed by atoms with van der Waals surface area (Å²) in [6, 6.07) is 5.97. The fourth-order valence-electron chi connectivity index (χ4n) is 1.12. The lowest BCUT2D eigenvalue weighted by Gasteiger charge is -2.12. The van der Waals surface area contributed by atoms with Gasteiger partial charge in [-0.3, -0.25) is 0 Å². The monoisotopic (exact) mass is 198 g/mol. The van der Waals surface area contributed by atoms with Gasteiger partial charge in [-0.1, -0.05) is 23.7 Å². The van der Waals surface area contributed by atoms with Crippen molar-refractivity contribution in [2.45, 2.75) is 19.9 Å². The molecule has 0 radical (unpaired) electrons. The molecule has 0 saturated heterocycles. The Morgan fingerprint density at radius 2 is 2.23 bits per heavy atom. The van der Waals surface area contributed by atoms with E-state index in [0.717, 1.165) is 22.8 Å². The summed E-state index contributed by atoms with van der Waals surface area (Å²) >= 11 is 6.01. The van der Waals surface area contributed by atoms with Crippen LogP contribution in [0.25, 0.3) is 0 Å². The van der Waals surface area contributed by atoms with Crippen LogP contribution in [0.5, 0.6) is 0 Å². The van der Waals surface area contributed by atoms with E-state index in [1.807, 2.05) is 32.0 Å². The van der Waals surface area contributed by atoms with Gasteiger partial charge in [-0.15, -0.1) is 0 Å². The molecule has 0 amide bonds. The number of anilines is 1. The number of aryl methyl sites for hydroxylation is 1. The van der Waals surface area contributed by atoms with Gasteiger partial charge in [-0.25, -0.2) is 0 Å². The van der Waals surface area contributed by atoms with Crippen molar-refractivity contribution in [1.29, 1.82) is 0 Å². The zero-order valence-electron chi connectivity index (χ0n) is 7.97. The van der Waals surface area contributed by atoms with Gasteiger partial charge in [-0.05, 0) is 25.5 Å². The third-order valence-electron chi connectivity index (χ3n) is 1.82. The van der Waals surface area contributed by atoms with Gasteiger partial charge in [0.2, 0.25) is 0 Å². The predicted octanol–water partition coefficient (Wildman–Crippen LogP) is 2.41. The lowest BCUT2D eigenvalue weighted by molar-refractivity contribution is 0.779. The molecule has 1 unspecified atom stereocenters. The molecule has 0 heterocycles. The summed E-state index contributed by atoms with van der Waals surface area (Å²) in [5.74, 6) is 0. The van der Waals surface area contributed by atoms with Crippen LogP contribution < -0.4 is 11.1 Å². The Morgan fingerprint density at radius 1 is 1.54 bits per heavy atom.